The van der Waals surface area contributed by atoms with Crippen LogP contribution in [0.3, 0.4) is 0 Å². The highest BCUT2D eigenvalue weighted by Gasteiger charge is 2.36. The maximum atomic E-state index is 12.1. The van der Waals surface area contributed by atoms with Crippen LogP contribution in [-0.4, -0.2) is 21.8 Å². The molecule has 6 heteroatoms. The molecule has 0 radical (unpaired) electrons. The number of allylic oxidation sites excluding steroid dienone is 2. The molecule has 2 bridgehead atoms. The van der Waals surface area contributed by atoms with Crippen LogP contribution in [-0.2, 0) is 4.79 Å². The van der Waals surface area contributed by atoms with Crippen LogP contribution in [0, 0.1) is 17.8 Å². The minimum Gasteiger partial charge on any atom is -0.273 e. The van der Waals surface area contributed by atoms with Gasteiger partial charge in [-0.1, -0.05) is 12.2 Å². The number of rotatable bonds is 2. The Morgan fingerprint density at radius 2 is 1.90 bits per heavy atom. The van der Waals surface area contributed by atoms with Crippen molar-refractivity contribution in [3.8, 4) is 0 Å². The van der Waals surface area contributed by atoms with Crippen molar-refractivity contribution in [2.45, 2.75) is 19.3 Å². The third-order valence-corrected chi connectivity index (χ3v) is 3.98. The van der Waals surface area contributed by atoms with Crippen molar-refractivity contribution in [1.29, 1.82) is 0 Å². The van der Waals surface area contributed by atoms with Crippen LogP contribution in [0.2, 0.25) is 0 Å². The Balaban J connectivity index is 1.55. The molecule has 3 atom stereocenters. The van der Waals surface area contributed by atoms with Gasteiger partial charge in [0.1, 0.15) is 0 Å². The first-order chi connectivity index (χ1) is 9.74. The second-order valence-corrected chi connectivity index (χ2v) is 5.24. The van der Waals surface area contributed by atoms with Crippen LogP contribution in [0.1, 0.15) is 29.9 Å². The average molecular weight is 272 g/mol. The quantitative estimate of drug-likeness (QED) is 0.617. The van der Waals surface area contributed by atoms with Gasteiger partial charge in [-0.25, -0.2) is 9.97 Å². The Morgan fingerprint density at radius 1 is 1.10 bits per heavy atom. The molecule has 0 aromatic carbocycles. The van der Waals surface area contributed by atoms with Crippen molar-refractivity contribution in [2.24, 2.45) is 17.8 Å². The lowest BCUT2D eigenvalue weighted by molar-refractivity contribution is -0.128. The van der Waals surface area contributed by atoms with E-state index in [1.165, 1.54) is 12.4 Å². The smallest absolute Gasteiger partial charge is 0.273 e. The highest BCUT2D eigenvalue weighted by molar-refractivity contribution is 5.92. The van der Waals surface area contributed by atoms with Crippen LogP contribution < -0.4 is 10.9 Å². The summed E-state index contributed by atoms with van der Waals surface area (Å²) in [6, 6.07) is 1.63. The summed E-state index contributed by atoms with van der Waals surface area (Å²) in [5.41, 5.74) is 4.85. The Hall–Kier alpha value is -2.24. The van der Waals surface area contributed by atoms with Gasteiger partial charge in [-0.15, -0.1) is 0 Å². The van der Waals surface area contributed by atoms with Crippen molar-refractivity contribution in [3.05, 3.63) is 36.4 Å². The summed E-state index contributed by atoms with van der Waals surface area (Å²) in [6.07, 6.45) is 10.4. The van der Waals surface area contributed by atoms with Gasteiger partial charge in [-0.3, -0.25) is 20.4 Å². The van der Waals surface area contributed by atoms with Crippen LogP contribution in [0.5, 0.6) is 0 Å². The van der Waals surface area contributed by atoms with Gasteiger partial charge in [0, 0.05) is 18.3 Å². The van der Waals surface area contributed by atoms with Gasteiger partial charge in [0.05, 0.1) is 0 Å². The largest absolute Gasteiger partial charge is 0.307 e. The lowest BCUT2D eigenvalue weighted by atomic mass is 9.69. The summed E-state index contributed by atoms with van der Waals surface area (Å²) < 4.78 is 0. The third kappa shape index (κ3) is 2.54. The van der Waals surface area contributed by atoms with Crippen molar-refractivity contribution in [1.82, 2.24) is 20.8 Å². The molecule has 2 amide bonds. The zero-order valence-corrected chi connectivity index (χ0v) is 11.0. The molecular weight excluding hydrogens is 256 g/mol. The highest BCUT2D eigenvalue weighted by atomic mass is 16.2. The number of nitrogens with one attached hydrogen (secondary N) is 2. The summed E-state index contributed by atoms with van der Waals surface area (Å²) in [4.78, 5) is 31.5. The van der Waals surface area contributed by atoms with Gasteiger partial charge in [0.15, 0.2) is 0 Å². The van der Waals surface area contributed by atoms with E-state index in [2.05, 4.69) is 33.0 Å². The molecule has 0 unspecified atom stereocenters. The maximum absolute atomic E-state index is 12.1. The molecule has 20 heavy (non-hydrogen) atoms. The van der Waals surface area contributed by atoms with Crippen molar-refractivity contribution in [3.63, 3.8) is 0 Å². The molecule has 2 N–H and O–H groups in total. The first kappa shape index (κ1) is 12.8. The Kier molecular flexibility index (Phi) is 3.45. The molecule has 1 fully saturated rings. The number of carbonyl (C=O) groups excluding carboxylic acids is 2. The number of hydrogen-bond donors (Lipinski definition) is 2. The zero-order chi connectivity index (χ0) is 13.9. The van der Waals surface area contributed by atoms with Crippen LogP contribution in [0.25, 0.3) is 0 Å². The number of carbonyl (C=O) groups is 2. The molecule has 1 saturated carbocycles. The van der Waals surface area contributed by atoms with Crippen LogP contribution in [0.15, 0.2) is 30.6 Å². The number of amides is 2. The van der Waals surface area contributed by atoms with E-state index in [9.17, 15) is 9.59 Å². The molecule has 104 valence electrons. The molecule has 0 aliphatic heterocycles. The summed E-state index contributed by atoms with van der Waals surface area (Å²) >= 11 is 0. The summed E-state index contributed by atoms with van der Waals surface area (Å²) in [5.74, 6) is 0.159. The predicted octanol–water partition coefficient (Wildman–Crippen LogP) is 0.840. The number of fused-ring (bicyclic) bond motifs is 2. The average Bonchev–Trinajstić information content (AvgIpc) is 2.54. The topological polar surface area (TPSA) is 84.0 Å². The van der Waals surface area contributed by atoms with Crippen molar-refractivity contribution in [2.75, 3.05) is 0 Å². The number of hydrazine groups is 1. The molecule has 6 nitrogen and oxygen atoms in total. The van der Waals surface area contributed by atoms with Crippen LogP contribution >= 0.6 is 0 Å². The number of aromatic nitrogens is 2. The van der Waals surface area contributed by atoms with E-state index in [1.54, 1.807) is 6.07 Å². The van der Waals surface area contributed by atoms with E-state index < -0.39 is 5.91 Å². The molecule has 0 spiro atoms. The van der Waals surface area contributed by atoms with Gasteiger partial charge in [0.25, 0.3) is 0 Å². The van der Waals surface area contributed by atoms with E-state index in [-0.39, 0.29) is 17.6 Å². The van der Waals surface area contributed by atoms with Gasteiger partial charge >= 0.3 is 5.91 Å². The van der Waals surface area contributed by atoms with Gasteiger partial charge < -0.3 is 0 Å². The molecule has 1 aromatic heterocycles. The van der Waals surface area contributed by atoms with E-state index in [0.717, 1.165) is 19.3 Å². The minimum atomic E-state index is -0.504. The molecule has 4 rings (SSSR count). The van der Waals surface area contributed by atoms with Crippen molar-refractivity contribution < 1.29 is 9.59 Å². The Labute approximate surface area is 116 Å². The zero-order valence-electron chi connectivity index (χ0n) is 11.0. The first-order valence-electron chi connectivity index (χ1n) is 6.79. The highest BCUT2D eigenvalue weighted by Crippen LogP contribution is 2.40. The van der Waals surface area contributed by atoms with E-state index >= 15 is 0 Å². The second kappa shape index (κ2) is 5.40. The number of nitrogens with zero attached hydrogens (tertiary/aromatic N) is 2. The normalized spacial score (nSPS) is 27.1. The summed E-state index contributed by atoms with van der Waals surface area (Å²) in [7, 11) is 0. The van der Waals surface area contributed by atoms with Gasteiger partial charge in [-0.2, -0.15) is 0 Å². The lowest BCUT2D eigenvalue weighted by Gasteiger charge is -2.36. The molecule has 0 saturated heterocycles. The molecular formula is C14H16N4O2. The monoisotopic (exact) mass is 272 g/mol. The standard InChI is InChI=1S/C14H16N4O2/c19-13(11-8-9-2-4-10(11)5-3-9)17-18-14(20)12-15-6-1-7-16-12/h1-2,4,6-7,9-11H,3,5,8H2,(H,17,19)(H,18,20)/t9-,10+,11-/m1/s1. The Morgan fingerprint density at radius 3 is 2.50 bits per heavy atom. The fraction of sp³-hybridized carbons (Fsp3) is 0.429. The van der Waals surface area contributed by atoms with E-state index in [1.807, 2.05) is 0 Å². The summed E-state index contributed by atoms with van der Waals surface area (Å²) in [5, 5.41) is 0. The minimum absolute atomic E-state index is 0.0397. The predicted molar refractivity (Wildman–Crippen MR) is 71.1 cm³/mol. The maximum Gasteiger partial charge on any atom is 0.307 e. The molecule has 3 aliphatic rings. The second-order valence-electron chi connectivity index (χ2n) is 5.24. The van der Waals surface area contributed by atoms with E-state index in [4.69, 9.17) is 0 Å². The fourth-order valence-electron chi connectivity index (χ4n) is 2.92. The fourth-order valence-corrected chi connectivity index (χ4v) is 2.92. The molecule has 3 aliphatic carbocycles. The first-order valence-corrected chi connectivity index (χ1v) is 6.79. The van der Waals surface area contributed by atoms with Gasteiger partial charge in [0.2, 0.25) is 11.7 Å². The molecule has 1 aromatic rings. The lowest BCUT2D eigenvalue weighted by Crippen LogP contribution is -2.48. The SMILES string of the molecule is O=C(NNC(=O)[C@@H]1C[C@@H]2C=C[C@H]1CC2)c1ncccn1. The molecule has 1 heterocycles. The third-order valence-electron chi connectivity index (χ3n) is 3.98. The number of hydrogen-bond acceptors (Lipinski definition) is 4. The van der Waals surface area contributed by atoms with Crippen molar-refractivity contribution >= 4 is 11.8 Å². The Bertz CT molecular complexity index is 543. The summed E-state index contributed by atoms with van der Waals surface area (Å²) in [6.45, 7) is 0. The van der Waals surface area contributed by atoms with E-state index in [0.29, 0.717) is 11.8 Å². The van der Waals surface area contributed by atoms with Crippen LogP contribution in [0.4, 0.5) is 0 Å². The van der Waals surface area contributed by atoms with Gasteiger partial charge in [-0.05, 0) is 37.2 Å².